The number of methoxy groups -OCH3 is 1. The number of esters is 1. The number of ether oxygens (including phenoxy) is 3. The average molecular weight is 493 g/mol. The fraction of sp³-hybridized carbons (Fsp3) is 0.379. The van der Waals surface area contributed by atoms with Gasteiger partial charge in [-0.3, -0.25) is 4.79 Å². The molecular formula is C29H32O7. The Labute approximate surface area is 211 Å². The predicted molar refractivity (Wildman–Crippen MR) is 134 cm³/mol. The van der Waals surface area contributed by atoms with E-state index in [2.05, 4.69) is 26.5 Å². The van der Waals surface area contributed by atoms with Crippen molar-refractivity contribution in [2.75, 3.05) is 7.11 Å². The van der Waals surface area contributed by atoms with Crippen LogP contribution in [0.3, 0.4) is 0 Å². The second-order valence-corrected chi connectivity index (χ2v) is 9.71. The molecular weight excluding hydrogens is 460 g/mol. The number of ketones is 1. The van der Waals surface area contributed by atoms with E-state index in [1.165, 1.54) is 36.9 Å². The average Bonchev–Trinajstić information content (AvgIpc) is 3.44. The van der Waals surface area contributed by atoms with Gasteiger partial charge in [0.2, 0.25) is 0 Å². The number of carbonyl (C=O) groups excluding carboxylic acids is 2. The van der Waals surface area contributed by atoms with Crippen LogP contribution in [0.4, 0.5) is 0 Å². The molecule has 190 valence electrons. The second kappa shape index (κ2) is 10.2. The van der Waals surface area contributed by atoms with Crippen molar-refractivity contribution in [3.05, 3.63) is 77.4 Å². The summed E-state index contributed by atoms with van der Waals surface area (Å²) in [6, 6.07) is 10.6. The van der Waals surface area contributed by atoms with Crippen LogP contribution in [0.1, 0.15) is 55.5 Å². The smallest absolute Gasteiger partial charge is 0.334 e. The molecule has 0 saturated carbocycles. The minimum absolute atomic E-state index is 0.0671. The molecule has 0 bridgehead atoms. The molecule has 2 aliphatic heterocycles. The fourth-order valence-corrected chi connectivity index (χ4v) is 4.85. The number of rotatable bonds is 3. The zero-order valence-corrected chi connectivity index (χ0v) is 20.8. The highest BCUT2D eigenvalue weighted by molar-refractivity contribution is 6.12. The number of phenols is 2. The van der Waals surface area contributed by atoms with Crippen molar-refractivity contribution in [1.29, 1.82) is 0 Å². The zero-order valence-electron chi connectivity index (χ0n) is 20.8. The van der Waals surface area contributed by atoms with Crippen LogP contribution >= 0.6 is 0 Å². The van der Waals surface area contributed by atoms with Crippen LogP contribution in [0.5, 0.6) is 17.2 Å². The molecule has 2 N–H and O–H groups in total. The lowest BCUT2D eigenvalue weighted by molar-refractivity contribution is -0.140. The summed E-state index contributed by atoms with van der Waals surface area (Å²) in [6.07, 6.45) is 6.25. The third-order valence-corrected chi connectivity index (χ3v) is 7.17. The number of hydrogen-bond acceptors (Lipinski definition) is 7. The number of benzene rings is 2. The predicted octanol–water partition coefficient (Wildman–Crippen LogP) is 5.10. The van der Waals surface area contributed by atoms with Crippen molar-refractivity contribution >= 4 is 11.8 Å². The van der Waals surface area contributed by atoms with Gasteiger partial charge >= 0.3 is 5.97 Å². The van der Waals surface area contributed by atoms with E-state index < -0.39 is 5.78 Å². The Morgan fingerprint density at radius 1 is 1.14 bits per heavy atom. The summed E-state index contributed by atoms with van der Waals surface area (Å²) in [4.78, 5) is 23.8. The third kappa shape index (κ3) is 5.16. The lowest BCUT2D eigenvalue weighted by Crippen LogP contribution is -2.28. The summed E-state index contributed by atoms with van der Waals surface area (Å²) in [5, 5.41) is 19.4. The lowest BCUT2D eigenvalue weighted by atomic mass is 9.84. The zero-order chi connectivity index (χ0) is 26.0. The Bertz CT molecular complexity index is 1210. The van der Waals surface area contributed by atoms with Crippen LogP contribution in [0, 0.1) is 5.92 Å². The SMILES string of the molecule is C=C1C(=O)OC2C1CCC(C)=CCCC1(C)OC21.COc1ccc(C(=O)c2ccccc2O)c(O)c1. The second-order valence-electron chi connectivity index (χ2n) is 9.71. The van der Waals surface area contributed by atoms with Crippen molar-refractivity contribution in [3.8, 4) is 17.2 Å². The molecule has 0 radical (unpaired) electrons. The molecule has 7 nitrogen and oxygen atoms in total. The molecule has 2 aromatic rings. The van der Waals surface area contributed by atoms with Gasteiger partial charge in [0.05, 0.1) is 23.8 Å². The van der Waals surface area contributed by atoms with Crippen LogP contribution in [0.2, 0.25) is 0 Å². The number of phenolic OH excluding ortho intramolecular Hbond substituents is 2. The number of para-hydroxylation sites is 1. The maximum atomic E-state index is 12.1. The van der Waals surface area contributed by atoms with Crippen LogP contribution < -0.4 is 4.74 Å². The molecule has 3 aliphatic rings. The summed E-state index contributed by atoms with van der Waals surface area (Å²) < 4.78 is 16.3. The van der Waals surface area contributed by atoms with Gasteiger partial charge in [0.25, 0.3) is 0 Å². The van der Waals surface area contributed by atoms with E-state index in [4.69, 9.17) is 14.2 Å². The molecule has 4 atom stereocenters. The number of fused-ring (bicyclic) bond motifs is 3. The maximum Gasteiger partial charge on any atom is 0.334 e. The van der Waals surface area contributed by atoms with Crippen molar-refractivity contribution in [3.63, 3.8) is 0 Å². The lowest BCUT2D eigenvalue weighted by Gasteiger charge is -2.19. The maximum absolute atomic E-state index is 12.1. The first kappa shape index (κ1) is 25.5. The molecule has 2 aromatic carbocycles. The summed E-state index contributed by atoms with van der Waals surface area (Å²) in [7, 11) is 1.47. The third-order valence-electron chi connectivity index (χ3n) is 7.17. The molecule has 0 amide bonds. The van der Waals surface area contributed by atoms with Crippen molar-refractivity contribution in [2.45, 2.75) is 57.3 Å². The molecule has 4 unspecified atom stereocenters. The van der Waals surface area contributed by atoms with Crippen molar-refractivity contribution in [1.82, 2.24) is 0 Å². The quantitative estimate of drug-likeness (QED) is 0.202. The van der Waals surface area contributed by atoms with E-state index in [0.717, 1.165) is 25.7 Å². The normalized spacial score (nSPS) is 26.9. The highest BCUT2D eigenvalue weighted by atomic mass is 16.6. The highest BCUT2D eigenvalue weighted by Gasteiger charge is 2.61. The largest absolute Gasteiger partial charge is 0.507 e. The van der Waals surface area contributed by atoms with Gasteiger partial charge in [0, 0.05) is 17.6 Å². The molecule has 2 heterocycles. The first-order valence-corrected chi connectivity index (χ1v) is 12.1. The first-order chi connectivity index (χ1) is 17.1. The monoisotopic (exact) mass is 492 g/mol. The van der Waals surface area contributed by atoms with Gasteiger partial charge in [-0.15, -0.1) is 0 Å². The molecule has 1 aliphatic carbocycles. The van der Waals surface area contributed by atoms with E-state index in [9.17, 15) is 19.8 Å². The van der Waals surface area contributed by atoms with E-state index in [0.29, 0.717) is 11.3 Å². The van der Waals surface area contributed by atoms with Gasteiger partial charge in [0.15, 0.2) is 5.78 Å². The topological polar surface area (TPSA) is 106 Å². The van der Waals surface area contributed by atoms with E-state index in [1.54, 1.807) is 18.2 Å². The van der Waals surface area contributed by atoms with Crippen LogP contribution in [0.25, 0.3) is 0 Å². The summed E-state index contributed by atoms with van der Waals surface area (Å²) in [5.74, 6) is -0.371. The number of carbonyl (C=O) groups is 2. The van der Waals surface area contributed by atoms with Gasteiger partial charge in [-0.25, -0.2) is 4.79 Å². The minimum Gasteiger partial charge on any atom is -0.507 e. The highest BCUT2D eigenvalue weighted by Crippen LogP contribution is 2.49. The summed E-state index contributed by atoms with van der Waals surface area (Å²) in [5.41, 5.74) is 2.19. The Balaban J connectivity index is 0.000000169. The van der Waals surface area contributed by atoms with Gasteiger partial charge in [-0.1, -0.05) is 30.4 Å². The molecule has 5 rings (SSSR count). The summed E-state index contributed by atoms with van der Waals surface area (Å²) >= 11 is 0. The molecule has 0 aromatic heterocycles. The van der Waals surface area contributed by atoms with Crippen LogP contribution in [-0.4, -0.2) is 46.9 Å². The summed E-state index contributed by atoms with van der Waals surface area (Å²) in [6.45, 7) is 8.17. The van der Waals surface area contributed by atoms with Gasteiger partial charge in [-0.2, -0.15) is 0 Å². The first-order valence-electron chi connectivity index (χ1n) is 12.1. The number of allylic oxidation sites excluding steroid dienone is 2. The Morgan fingerprint density at radius 3 is 2.56 bits per heavy atom. The van der Waals surface area contributed by atoms with E-state index in [-0.39, 0.29) is 52.3 Å². The molecule has 2 fully saturated rings. The van der Waals surface area contributed by atoms with E-state index in [1.807, 2.05) is 0 Å². The molecule has 0 spiro atoms. The molecule has 36 heavy (non-hydrogen) atoms. The molecule has 2 saturated heterocycles. The van der Waals surface area contributed by atoms with Gasteiger partial charge in [0.1, 0.15) is 29.5 Å². The Morgan fingerprint density at radius 2 is 1.86 bits per heavy atom. The van der Waals surface area contributed by atoms with Crippen molar-refractivity contribution < 1.29 is 34.0 Å². The minimum atomic E-state index is -0.437. The number of hydrogen-bond donors (Lipinski definition) is 2. The number of epoxide rings is 1. The Hall–Kier alpha value is -3.58. The number of aromatic hydroxyl groups is 2. The Kier molecular flexibility index (Phi) is 7.22. The fourth-order valence-electron chi connectivity index (χ4n) is 4.85. The molecule has 7 heteroatoms. The van der Waals surface area contributed by atoms with Gasteiger partial charge in [-0.05, 0) is 63.8 Å². The van der Waals surface area contributed by atoms with Crippen LogP contribution in [-0.2, 0) is 14.3 Å². The standard InChI is InChI=1S/C15H20O3.C14H12O4/c1-9-5-4-8-15(3)13(18-15)12-11(7-6-9)10(2)14(16)17-12;1-18-9-6-7-11(13(16)8-9)14(17)10-4-2-3-5-12(10)15/h5,11-13H,2,4,6-8H2,1,3H3;2-8,15-16H,1H3. The van der Waals surface area contributed by atoms with Crippen molar-refractivity contribution in [2.24, 2.45) is 5.92 Å². The van der Waals surface area contributed by atoms with Gasteiger partial charge < -0.3 is 24.4 Å². The van der Waals surface area contributed by atoms with E-state index >= 15 is 0 Å². The van der Waals surface area contributed by atoms with Crippen LogP contribution in [0.15, 0.2) is 66.3 Å².